The first-order valence-corrected chi connectivity index (χ1v) is 8.40. The summed E-state index contributed by atoms with van der Waals surface area (Å²) in [4.78, 5) is 16.4. The van der Waals surface area contributed by atoms with E-state index in [1.54, 1.807) is 28.8 Å². The molecule has 1 amide bonds. The minimum absolute atomic E-state index is 0.0997. The van der Waals surface area contributed by atoms with Crippen LogP contribution in [0.15, 0.2) is 73.2 Å². The fourth-order valence-corrected chi connectivity index (χ4v) is 2.83. The van der Waals surface area contributed by atoms with Gasteiger partial charge in [-0.05, 0) is 53.1 Å². The standard InChI is InChI=1S/C21H15N5O/c22-13-16-3-7-19(8-4-16)25-21(27)11-15-1-5-17(6-2-15)18-9-10-26-20(12-18)23-14-24-26/h1-10,12,14H,11H2,(H,25,27). The van der Waals surface area contributed by atoms with Crippen LogP contribution in [0, 0.1) is 11.3 Å². The van der Waals surface area contributed by atoms with Gasteiger partial charge in [0.2, 0.25) is 5.91 Å². The number of hydrogen-bond acceptors (Lipinski definition) is 4. The van der Waals surface area contributed by atoms with Crippen LogP contribution >= 0.6 is 0 Å². The van der Waals surface area contributed by atoms with Crippen LogP contribution in [0.3, 0.4) is 0 Å². The zero-order chi connectivity index (χ0) is 18.6. The second kappa shape index (κ2) is 7.10. The first-order valence-electron chi connectivity index (χ1n) is 8.40. The lowest BCUT2D eigenvalue weighted by Gasteiger charge is -2.07. The average Bonchev–Trinajstić information content (AvgIpc) is 3.17. The largest absolute Gasteiger partial charge is 0.326 e. The molecule has 4 rings (SSSR count). The number of nitriles is 1. The van der Waals surface area contributed by atoms with Crippen molar-refractivity contribution in [3.63, 3.8) is 0 Å². The number of hydrogen-bond donors (Lipinski definition) is 1. The van der Waals surface area contributed by atoms with Crippen LogP contribution in [0.2, 0.25) is 0 Å². The predicted octanol–water partition coefficient (Wildman–Crippen LogP) is 3.45. The molecule has 2 aromatic carbocycles. The smallest absolute Gasteiger partial charge is 0.228 e. The molecule has 0 spiro atoms. The van der Waals surface area contributed by atoms with E-state index in [2.05, 4.69) is 21.5 Å². The molecule has 0 bridgehead atoms. The molecule has 6 nitrogen and oxygen atoms in total. The van der Waals surface area contributed by atoms with E-state index in [1.165, 1.54) is 6.33 Å². The normalized spacial score (nSPS) is 10.5. The maximum Gasteiger partial charge on any atom is 0.228 e. The van der Waals surface area contributed by atoms with Crippen molar-refractivity contribution in [1.82, 2.24) is 14.6 Å². The Hall–Kier alpha value is -3.98. The van der Waals surface area contributed by atoms with E-state index >= 15 is 0 Å². The molecule has 1 N–H and O–H groups in total. The van der Waals surface area contributed by atoms with Crippen LogP contribution in [0.4, 0.5) is 5.69 Å². The van der Waals surface area contributed by atoms with Crippen molar-refractivity contribution in [1.29, 1.82) is 5.26 Å². The summed E-state index contributed by atoms with van der Waals surface area (Å²) < 4.78 is 1.71. The SMILES string of the molecule is N#Cc1ccc(NC(=O)Cc2ccc(-c3ccn4ncnc4c3)cc2)cc1. The lowest BCUT2D eigenvalue weighted by Crippen LogP contribution is -2.14. The lowest BCUT2D eigenvalue weighted by atomic mass is 10.0. The summed E-state index contributed by atoms with van der Waals surface area (Å²) >= 11 is 0. The number of fused-ring (bicyclic) bond motifs is 1. The molecule has 6 heteroatoms. The minimum atomic E-state index is -0.0997. The van der Waals surface area contributed by atoms with Gasteiger partial charge in [-0.25, -0.2) is 9.50 Å². The summed E-state index contributed by atoms with van der Waals surface area (Å²) in [6.45, 7) is 0. The van der Waals surface area contributed by atoms with Crippen LogP contribution in [0.5, 0.6) is 0 Å². The van der Waals surface area contributed by atoms with E-state index in [0.29, 0.717) is 11.3 Å². The third-order valence-corrected chi connectivity index (χ3v) is 4.23. The van der Waals surface area contributed by atoms with Gasteiger partial charge in [0.25, 0.3) is 0 Å². The molecule has 130 valence electrons. The Balaban J connectivity index is 1.43. The van der Waals surface area contributed by atoms with Crippen molar-refractivity contribution < 1.29 is 4.79 Å². The summed E-state index contributed by atoms with van der Waals surface area (Å²) in [5.41, 5.74) is 5.05. The van der Waals surface area contributed by atoms with Crippen LogP contribution < -0.4 is 5.32 Å². The molecule has 0 atom stereocenters. The molecule has 0 aliphatic heterocycles. The quantitative estimate of drug-likeness (QED) is 0.609. The van der Waals surface area contributed by atoms with Crippen LogP contribution in [-0.2, 0) is 11.2 Å². The molecule has 0 saturated heterocycles. The van der Waals surface area contributed by atoms with Crippen molar-refractivity contribution in [2.45, 2.75) is 6.42 Å². The molecule has 0 fully saturated rings. The third-order valence-electron chi connectivity index (χ3n) is 4.23. The Kier molecular flexibility index (Phi) is 4.33. The summed E-state index contributed by atoms with van der Waals surface area (Å²) in [6, 6.07) is 20.7. The summed E-state index contributed by atoms with van der Waals surface area (Å²) in [6.07, 6.45) is 3.68. The molecular formula is C21H15N5O. The van der Waals surface area contributed by atoms with E-state index in [-0.39, 0.29) is 12.3 Å². The molecule has 2 aromatic heterocycles. The highest BCUT2D eigenvalue weighted by molar-refractivity contribution is 5.92. The van der Waals surface area contributed by atoms with Gasteiger partial charge in [0.15, 0.2) is 5.65 Å². The Morgan fingerprint density at radius 1 is 1.04 bits per heavy atom. The Bertz CT molecular complexity index is 1140. The molecule has 0 aliphatic carbocycles. The maximum absolute atomic E-state index is 12.2. The average molecular weight is 353 g/mol. The van der Waals surface area contributed by atoms with Gasteiger partial charge in [-0.2, -0.15) is 10.4 Å². The molecule has 0 radical (unpaired) electrons. The highest BCUT2D eigenvalue weighted by Crippen LogP contribution is 2.21. The molecule has 2 heterocycles. The number of carbonyl (C=O) groups is 1. The number of nitrogens with one attached hydrogen (secondary N) is 1. The summed E-state index contributed by atoms with van der Waals surface area (Å²) in [7, 11) is 0. The minimum Gasteiger partial charge on any atom is -0.326 e. The molecule has 0 unspecified atom stereocenters. The zero-order valence-electron chi connectivity index (χ0n) is 14.3. The van der Waals surface area contributed by atoms with E-state index in [0.717, 1.165) is 22.3 Å². The number of anilines is 1. The van der Waals surface area contributed by atoms with Crippen molar-refractivity contribution >= 4 is 17.2 Å². The Morgan fingerprint density at radius 3 is 2.56 bits per heavy atom. The molecule has 0 saturated carbocycles. The van der Waals surface area contributed by atoms with E-state index in [9.17, 15) is 4.79 Å². The van der Waals surface area contributed by atoms with Gasteiger partial charge in [0.05, 0.1) is 18.1 Å². The van der Waals surface area contributed by atoms with Gasteiger partial charge in [-0.3, -0.25) is 4.79 Å². The van der Waals surface area contributed by atoms with E-state index in [1.807, 2.05) is 42.6 Å². The number of aromatic nitrogens is 3. The zero-order valence-corrected chi connectivity index (χ0v) is 14.3. The first-order chi connectivity index (χ1) is 13.2. The van der Waals surface area contributed by atoms with E-state index < -0.39 is 0 Å². The second-order valence-corrected chi connectivity index (χ2v) is 6.09. The maximum atomic E-state index is 12.2. The number of amides is 1. The fraction of sp³-hybridized carbons (Fsp3) is 0.0476. The van der Waals surface area contributed by atoms with Crippen molar-refractivity contribution in [3.05, 3.63) is 84.3 Å². The van der Waals surface area contributed by atoms with Gasteiger partial charge < -0.3 is 5.32 Å². The van der Waals surface area contributed by atoms with Crippen LogP contribution in [0.1, 0.15) is 11.1 Å². The topological polar surface area (TPSA) is 83.1 Å². The molecular weight excluding hydrogens is 338 g/mol. The van der Waals surface area contributed by atoms with Crippen LogP contribution in [0.25, 0.3) is 16.8 Å². The number of benzene rings is 2. The number of rotatable bonds is 4. The van der Waals surface area contributed by atoms with Gasteiger partial charge in [0, 0.05) is 11.9 Å². The molecule has 27 heavy (non-hydrogen) atoms. The Labute approximate surface area is 155 Å². The van der Waals surface area contributed by atoms with Gasteiger partial charge >= 0.3 is 0 Å². The summed E-state index contributed by atoms with van der Waals surface area (Å²) in [5, 5.41) is 15.7. The second-order valence-electron chi connectivity index (χ2n) is 6.09. The van der Waals surface area contributed by atoms with Crippen LogP contribution in [-0.4, -0.2) is 20.5 Å². The third kappa shape index (κ3) is 3.67. The fourth-order valence-electron chi connectivity index (χ4n) is 2.83. The number of carbonyl (C=O) groups excluding carboxylic acids is 1. The van der Waals surface area contributed by atoms with Crippen molar-refractivity contribution in [3.8, 4) is 17.2 Å². The van der Waals surface area contributed by atoms with Gasteiger partial charge in [0.1, 0.15) is 6.33 Å². The monoisotopic (exact) mass is 353 g/mol. The van der Waals surface area contributed by atoms with E-state index in [4.69, 9.17) is 5.26 Å². The predicted molar refractivity (Wildman–Crippen MR) is 102 cm³/mol. The number of nitrogens with zero attached hydrogens (tertiary/aromatic N) is 4. The van der Waals surface area contributed by atoms with Gasteiger partial charge in [-0.1, -0.05) is 24.3 Å². The first kappa shape index (κ1) is 16.5. The highest BCUT2D eigenvalue weighted by atomic mass is 16.1. The van der Waals surface area contributed by atoms with Crippen molar-refractivity contribution in [2.24, 2.45) is 0 Å². The molecule has 4 aromatic rings. The molecule has 0 aliphatic rings. The van der Waals surface area contributed by atoms with Crippen molar-refractivity contribution in [2.75, 3.05) is 5.32 Å². The Morgan fingerprint density at radius 2 is 1.81 bits per heavy atom. The number of pyridine rings is 1. The highest BCUT2D eigenvalue weighted by Gasteiger charge is 2.06. The lowest BCUT2D eigenvalue weighted by molar-refractivity contribution is -0.115. The van der Waals surface area contributed by atoms with Gasteiger partial charge in [-0.15, -0.1) is 0 Å². The summed E-state index contributed by atoms with van der Waals surface area (Å²) in [5.74, 6) is -0.0997.